The van der Waals surface area contributed by atoms with Crippen molar-refractivity contribution in [2.24, 2.45) is 23.5 Å². The van der Waals surface area contributed by atoms with Crippen molar-refractivity contribution in [2.45, 2.75) is 51.6 Å². The molecule has 0 amide bonds. The highest BCUT2D eigenvalue weighted by atomic mass is 16.4. The molecule has 4 heteroatoms. The lowest BCUT2D eigenvalue weighted by Gasteiger charge is -2.44. The molecule has 1 aliphatic carbocycles. The van der Waals surface area contributed by atoms with Gasteiger partial charge < -0.3 is 10.8 Å². The Morgan fingerprint density at radius 2 is 2.00 bits per heavy atom. The molecule has 0 bridgehead atoms. The first-order chi connectivity index (χ1) is 8.34. The topological polar surface area (TPSA) is 66.6 Å². The van der Waals surface area contributed by atoms with Crippen molar-refractivity contribution in [3.63, 3.8) is 0 Å². The molecule has 0 aromatic heterocycles. The number of aliphatic carboxylic acids is 1. The summed E-state index contributed by atoms with van der Waals surface area (Å²) in [6.45, 7) is 8.17. The lowest BCUT2D eigenvalue weighted by atomic mass is 9.84. The largest absolute Gasteiger partial charge is 0.480 e. The molecule has 3 N–H and O–H groups in total. The fourth-order valence-corrected chi connectivity index (χ4v) is 3.35. The molecule has 1 aliphatic heterocycles. The Morgan fingerprint density at radius 1 is 1.39 bits per heavy atom. The summed E-state index contributed by atoms with van der Waals surface area (Å²) >= 11 is 0. The van der Waals surface area contributed by atoms with E-state index in [-0.39, 0.29) is 5.92 Å². The predicted octanol–water partition coefficient (Wildman–Crippen LogP) is 1.54. The van der Waals surface area contributed by atoms with Crippen molar-refractivity contribution in [3.05, 3.63) is 0 Å². The van der Waals surface area contributed by atoms with Gasteiger partial charge in [0.15, 0.2) is 0 Å². The number of nitrogens with two attached hydrogens (primary N) is 1. The average molecular weight is 254 g/mol. The number of rotatable bonds is 4. The van der Waals surface area contributed by atoms with Gasteiger partial charge in [0.25, 0.3) is 0 Å². The van der Waals surface area contributed by atoms with Gasteiger partial charge in [0, 0.05) is 19.1 Å². The summed E-state index contributed by atoms with van der Waals surface area (Å²) in [6, 6.07) is 0.433. The van der Waals surface area contributed by atoms with Gasteiger partial charge in [0.1, 0.15) is 5.54 Å². The van der Waals surface area contributed by atoms with E-state index >= 15 is 0 Å². The summed E-state index contributed by atoms with van der Waals surface area (Å²) in [5.74, 6) is 0.595. The van der Waals surface area contributed by atoms with E-state index in [4.69, 9.17) is 5.73 Å². The first-order valence-corrected chi connectivity index (χ1v) is 7.11. The molecule has 0 spiro atoms. The summed E-state index contributed by atoms with van der Waals surface area (Å²) in [7, 11) is 0. The van der Waals surface area contributed by atoms with Gasteiger partial charge >= 0.3 is 5.97 Å². The third-order valence-electron chi connectivity index (χ3n) is 4.89. The zero-order valence-electron chi connectivity index (χ0n) is 11.7. The summed E-state index contributed by atoms with van der Waals surface area (Å²) in [4.78, 5) is 13.8. The van der Waals surface area contributed by atoms with E-state index in [2.05, 4.69) is 25.7 Å². The minimum Gasteiger partial charge on any atom is -0.480 e. The van der Waals surface area contributed by atoms with E-state index in [9.17, 15) is 9.90 Å². The maximum atomic E-state index is 11.5. The maximum Gasteiger partial charge on any atom is 0.325 e. The number of carbonyl (C=O) groups is 1. The highest BCUT2D eigenvalue weighted by Gasteiger charge is 2.50. The molecule has 104 valence electrons. The summed E-state index contributed by atoms with van der Waals surface area (Å²) in [5.41, 5.74) is 5.15. The van der Waals surface area contributed by atoms with E-state index in [0.29, 0.717) is 24.4 Å². The minimum absolute atomic E-state index is 0.176. The van der Waals surface area contributed by atoms with Crippen LogP contribution in [0.5, 0.6) is 0 Å². The summed E-state index contributed by atoms with van der Waals surface area (Å²) in [6.07, 6.45) is 3.16. The van der Waals surface area contributed by atoms with Crippen molar-refractivity contribution in [3.8, 4) is 0 Å². The molecule has 1 saturated heterocycles. The van der Waals surface area contributed by atoms with Crippen LogP contribution in [-0.4, -0.2) is 40.6 Å². The van der Waals surface area contributed by atoms with Crippen LogP contribution in [0.2, 0.25) is 0 Å². The fraction of sp³-hybridized carbons (Fsp3) is 0.929. The third-order valence-corrected chi connectivity index (χ3v) is 4.89. The normalized spacial score (nSPS) is 37.2. The molecular formula is C14H26N2O2. The van der Waals surface area contributed by atoms with Crippen LogP contribution >= 0.6 is 0 Å². The van der Waals surface area contributed by atoms with E-state index in [0.717, 1.165) is 19.4 Å². The second-order valence-electron chi connectivity index (χ2n) is 6.61. The second-order valence-corrected chi connectivity index (χ2v) is 6.61. The fourth-order valence-electron chi connectivity index (χ4n) is 3.35. The molecule has 0 aromatic carbocycles. The van der Waals surface area contributed by atoms with Crippen LogP contribution in [0.1, 0.15) is 40.0 Å². The van der Waals surface area contributed by atoms with Crippen LogP contribution in [0.15, 0.2) is 0 Å². The quantitative estimate of drug-likeness (QED) is 0.798. The molecule has 0 radical (unpaired) electrons. The highest BCUT2D eigenvalue weighted by molar-refractivity contribution is 5.79. The molecule has 0 aromatic rings. The monoisotopic (exact) mass is 254 g/mol. The van der Waals surface area contributed by atoms with Crippen LogP contribution in [0, 0.1) is 17.8 Å². The number of hydrogen-bond donors (Lipinski definition) is 2. The zero-order valence-corrected chi connectivity index (χ0v) is 11.7. The molecule has 1 heterocycles. The Labute approximate surface area is 110 Å². The molecular weight excluding hydrogens is 228 g/mol. The van der Waals surface area contributed by atoms with Gasteiger partial charge in [-0.1, -0.05) is 13.8 Å². The molecule has 18 heavy (non-hydrogen) atoms. The van der Waals surface area contributed by atoms with Crippen LogP contribution in [0.25, 0.3) is 0 Å². The number of carboxylic acid groups (broad SMARTS) is 1. The minimum atomic E-state index is -1.04. The first-order valence-electron chi connectivity index (χ1n) is 7.11. The molecule has 2 aliphatic rings. The Bertz CT molecular complexity index is 330. The van der Waals surface area contributed by atoms with Crippen molar-refractivity contribution >= 4 is 5.97 Å². The van der Waals surface area contributed by atoms with Crippen molar-refractivity contribution < 1.29 is 9.90 Å². The Balaban J connectivity index is 2.08. The number of hydrogen-bond acceptors (Lipinski definition) is 3. The Morgan fingerprint density at radius 3 is 2.50 bits per heavy atom. The van der Waals surface area contributed by atoms with E-state index in [1.807, 2.05) is 0 Å². The lowest BCUT2D eigenvalue weighted by Crippen LogP contribution is -2.61. The van der Waals surface area contributed by atoms with Crippen LogP contribution in [-0.2, 0) is 4.79 Å². The zero-order chi connectivity index (χ0) is 13.5. The molecule has 2 rings (SSSR count). The van der Waals surface area contributed by atoms with Gasteiger partial charge in [-0.25, -0.2) is 0 Å². The molecule has 4 unspecified atom stereocenters. The first kappa shape index (κ1) is 13.8. The molecule has 4 atom stereocenters. The van der Waals surface area contributed by atoms with Crippen LogP contribution in [0.3, 0.4) is 0 Å². The molecule has 1 saturated carbocycles. The van der Waals surface area contributed by atoms with Crippen molar-refractivity contribution in [1.82, 2.24) is 4.90 Å². The third kappa shape index (κ3) is 2.54. The van der Waals surface area contributed by atoms with E-state index in [1.165, 1.54) is 6.42 Å². The smallest absolute Gasteiger partial charge is 0.325 e. The SMILES string of the molecule is CC1CC(C)C(C)N(CC(N)(C(=O)O)C2CC2)C1. The predicted molar refractivity (Wildman–Crippen MR) is 71.3 cm³/mol. The van der Waals surface area contributed by atoms with E-state index < -0.39 is 11.5 Å². The van der Waals surface area contributed by atoms with Gasteiger partial charge in [0.05, 0.1) is 0 Å². The molecule has 2 fully saturated rings. The van der Waals surface area contributed by atoms with E-state index in [1.54, 1.807) is 0 Å². The lowest BCUT2D eigenvalue weighted by molar-refractivity contribution is -0.145. The van der Waals surface area contributed by atoms with Crippen molar-refractivity contribution in [2.75, 3.05) is 13.1 Å². The standard InChI is InChI=1S/C14H26N2O2/c1-9-6-10(2)11(3)16(7-9)8-14(15,13(17)18)12-4-5-12/h9-12H,4-8,15H2,1-3H3,(H,17,18). The Hall–Kier alpha value is -0.610. The highest BCUT2D eigenvalue weighted by Crippen LogP contribution is 2.40. The summed E-state index contributed by atoms with van der Waals surface area (Å²) in [5, 5.41) is 9.44. The summed E-state index contributed by atoms with van der Waals surface area (Å²) < 4.78 is 0. The van der Waals surface area contributed by atoms with Gasteiger partial charge in [-0.15, -0.1) is 0 Å². The number of piperidine rings is 1. The number of likely N-dealkylation sites (tertiary alicyclic amines) is 1. The van der Waals surface area contributed by atoms with Crippen LogP contribution in [0.4, 0.5) is 0 Å². The maximum absolute atomic E-state index is 11.5. The van der Waals surface area contributed by atoms with Gasteiger partial charge in [-0.05, 0) is 43.9 Å². The van der Waals surface area contributed by atoms with Gasteiger partial charge in [-0.3, -0.25) is 9.69 Å². The number of carboxylic acids is 1. The van der Waals surface area contributed by atoms with Gasteiger partial charge in [0.2, 0.25) is 0 Å². The van der Waals surface area contributed by atoms with Crippen molar-refractivity contribution in [1.29, 1.82) is 0 Å². The average Bonchev–Trinajstić information content (AvgIpc) is 3.08. The molecule has 4 nitrogen and oxygen atoms in total. The Kier molecular flexibility index (Phi) is 3.70. The second kappa shape index (κ2) is 4.82. The van der Waals surface area contributed by atoms with Crippen LogP contribution < -0.4 is 5.73 Å². The number of nitrogens with zero attached hydrogens (tertiary/aromatic N) is 1. The van der Waals surface area contributed by atoms with Gasteiger partial charge in [-0.2, -0.15) is 0 Å².